The molecule has 1 aliphatic rings. The van der Waals surface area contributed by atoms with Crippen molar-refractivity contribution in [3.63, 3.8) is 0 Å². The number of carbonyl (C=O) groups is 2. The third-order valence-electron chi connectivity index (χ3n) is 6.22. The van der Waals surface area contributed by atoms with Crippen molar-refractivity contribution >= 4 is 17.6 Å². The quantitative estimate of drug-likeness (QED) is 0.648. The van der Waals surface area contributed by atoms with Crippen molar-refractivity contribution in [1.82, 2.24) is 5.06 Å². The summed E-state index contributed by atoms with van der Waals surface area (Å²) in [6.45, 7) is 4.79. The molecule has 0 atom stereocenters. The number of nitrogens with zero attached hydrogens (tertiary/aromatic N) is 3. The van der Waals surface area contributed by atoms with Crippen molar-refractivity contribution < 1.29 is 19.2 Å². The van der Waals surface area contributed by atoms with Crippen LogP contribution in [0.15, 0.2) is 42.5 Å². The van der Waals surface area contributed by atoms with E-state index in [9.17, 15) is 14.9 Å². The molecule has 1 heterocycles. The van der Waals surface area contributed by atoms with Crippen LogP contribution in [0.5, 0.6) is 0 Å². The number of piperidine rings is 1. The zero-order valence-electron chi connectivity index (χ0n) is 19.1. The Morgan fingerprint density at radius 1 is 1.09 bits per heavy atom. The number of methoxy groups -OCH3 is 1. The van der Waals surface area contributed by atoms with Gasteiger partial charge in [0.15, 0.2) is 0 Å². The average Bonchev–Trinajstić information content (AvgIpc) is 2.81. The molecule has 1 amide bonds. The fourth-order valence-electron chi connectivity index (χ4n) is 4.52. The first kappa shape index (κ1) is 23.5. The molecule has 1 saturated heterocycles. The number of hydrogen-bond donors (Lipinski definition) is 0. The van der Waals surface area contributed by atoms with Gasteiger partial charge in [-0.1, -0.05) is 18.2 Å². The number of hydrogen-bond acceptors (Lipinski definition) is 6. The predicted octanol–water partition coefficient (Wildman–Crippen LogP) is 3.32. The molecule has 1 aliphatic heterocycles. The Labute approximate surface area is 189 Å². The molecule has 0 unspecified atom stereocenters. The van der Waals surface area contributed by atoms with Crippen LogP contribution < -0.4 is 4.90 Å². The van der Waals surface area contributed by atoms with E-state index < -0.39 is 11.5 Å². The van der Waals surface area contributed by atoms with E-state index in [1.165, 1.54) is 7.11 Å². The summed E-state index contributed by atoms with van der Waals surface area (Å²) in [5, 5.41) is 11.0. The van der Waals surface area contributed by atoms with E-state index in [-0.39, 0.29) is 12.3 Å². The fraction of sp³-hybridized carbons (Fsp3) is 0.400. The number of hydroxylamine groups is 2. The van der Waals surface area contributed by atoms with Crippen LogP contribution in [0, 0.1) is 25.2 Å². The monoisotopic (exact) mass is 435 g/mol. The van der Waals surface area contributed by atoms with E-state index in [0.717, 1.165) is 16.7 Å². The number of ether oxygens (including phenoxy) is 1. The maximum atomic E-state index is 13.9. The molecular formula is C25H29N3O4. The van der Waals surface area contributed by atoms with E-state index in [1.807, 2.05) is 44.2 Å². The Morgan fingerprint density at radius 3 is 2.19 bits per heavy atom. The number of anilines is 1. The normalized spacial score (nSPS) is 15.6. The summed E-state index contributed by atoms with van der Waals surface area (Å²) < 4.78 is 5.21. The van der Waals surface area contributed by atoms with Crippen molar-refractivity contribution in [2.45, 2.75) is 38.6 Å². The molecule has 0 saturated carbocycles. The zero-order chi connectivity index (χ0) is 23.3. The molecule has 0 bridgehead atoms. The number of aryl methyl sites for hydroxylation is 2. The van der Waals surface area contributed by atoms with Crippen molar-refractivity contribution in [1.29, 1.82) is 5.26 Å². The smallest absolute Gasteiger partial charge is 0.332 e. The third-order valence-corrected chi connectivity index (χ3v) is 6.22. The van der Waals surface area contributed by atoms with Gasteiger partial charge in [0.1, 0.15) is 5.54 Å². The lowest BCUT2D eigenvalue weighted by atomic mass is 9.84. The maximum Gasteiger partial charge on any atom is 0.332 e. The van der Waals surface area contributed by atoms with Crippen LogP contribution in [0.4, 0.5) is 5.69 Å². The van der Waals surface area contributed by atoms with Gasteiger partial charge >= 0.3 is 5.97 Å². The van der Waals surface area contributed by atoms with Gasteiger partial charge in [0.05, 0.1) is 32.3 Å². The molecule has 0 N–H and O–H groups in total. The van der Waals surface area contributed by atoms with Crippen LogP contribution in [0.3, 0.4) is 0 Å². The van der Waals surface area contributed by atoms with Gasteiger partial charge in [0.25, 0.3) is 0 Å². The highest BCUT2D eigenvalue weighted by molar-refractivity contribution is 6.03. The molecule has 2 aromatic rings. The summed E-state index contributed by atoms with van der Waals surface area (Å²) in [6.07, 6.45) is 0.893. The van der Waals surface area contributed by atoms with Crippen LogP contribution in [0.1, 0.15) is 35.1 Å². The van der Waals surface area contributed by atoms with E-state index in [2.05, 4.69) is 6.07 Å². The number of carbonyl (C=O) groups excluding carboxylic acids is 2. The maximum absolute atomic E-state index is 13.9. The lowest BCUT2D eigenvalue weighted by molar-refractivity contribution is -0.168. The Kier molecular flexibility index (Phi) is 7.29. The highest BCUT2D eigenvalue weighted by atomic mass is 16.7. The van der Waals surface area contributed by atoms with Gasteiger partial charge in [0, 0.05) is 18.8 Å². The Balaban J connectivity index is 2.06. The molecule has 168 valence electrons. The Hall–Kier alpha value is -3.21. The molecule has 1 fully saturated rings. The second-order valence-corrected chi connectivity index (χ2v) is 8.08. The summed E-state index contributed by atoms with van der Waals surface area (Å²) in [7, 11) is 2.96. The van der Waals surface area contributed by atoms with E-state index >= 15 is 0 Å². The van der Waals surface area contributed by atoms with Gasteiger partial charge < -0.3 is 9.57 Å². The van der Waals surface area contributed by atoms with Crippen LogP contribution in [-0.4, -0.2) is 49.8 Å². The minimum absolute atomic E-state index is 0.116. The Bertz CT molecular complexity index is 998. The summed E-state index contributed by atoms with van der Waals surface area (Å²) in [5.74, 6) is -0.623. The SMILES string of the molecule is COC(=O)C1(N(C(=O)Cc2c(C)cc(C#N)cc2C)c2ccccc2)CCN(OC)CC1. The lowest BCUT2D eigenvalue weighted by Crippen LogP contribution is -2.63. The number of rotatable bonds is 6. The largest absolute Gasteiger partial charge is 0.467 e. The minimum atomic E-state index is -1.13. The topological polar surface area (TPSA) is 82.9 Å². The summed E-state index contributed by atoms with van der Waals surface area (Å²) in [6, 6.07) is 15.0. The molecule has 0 radical (unpaired) electrons. The summed E-state index contributed by atoms with van der Waals surface area (Å²) in [5.41, 5.74) is 2.71. The fourth-order valence-corrected chi connectivity index (χ4v) is 4.52. The van der Waals surface area contributed by atoms with Crippen molar-refractivity contribution in [3.05, 3.63) is 64.7 Å². The highest BCUT2D eigenvalue weighted by Crippen LogP contribution is 2.35. The first-order valence-electron chi connectivity index (χ1n) is 10.6. The van der Waals surface area contributed by atoms with E-state index in [0.29, 0.717) is 37.2 Å². The molecule has 3 rings (SSSR count). The van der Waals surface area contributed by atoms with Gasteiger partial charge in [-0.15, -0.1) is 0 Å². The second-order valence-electron chi connectivity index (χ2n) is 8.08. The van der Waals surface area contributed by atoms with Crippen LogP contribution in [0.2, 0.25) is 0 Å². The molecule has 32 heavy (non-hydrogen) atoms. The predicted molar refractivity (Wildman–Crippen MR) is 121 cm³/mol. The van der Waals surface area contributed by atoms with Gasteiger partial charge in [-0.2, -0.15) is 10.3 Å². The van der Waals surface area contributed by atoms with Gasteiger partial charge in [-0.3, -0.25) is 9.69 Å². The van der Waals surface area contributed by atoms with Gasteiger partial charge in [-0.05, 0) is 67.6 Å². The molecule has 7 heteroatoms. The molecule has 2 aromatic carbocycles. The number of benzene rings is 2. The molecular weight excluding hydrogens is 406 g/mol. The Morgan fingerprint density at radius 2 is 1.69 bits per heavy atom. The van der Waals surface area contributed by atoms with Crippen LogP contribution in [-0.2, 0) is 25.6 Å². The number of esters is 1. The van der Waals surface area contributed by atoms with Crippen molar-refractivity contribution in [3.8, 4) is 6.07 Å². The summed E-state index contributed by atoms with van der Waals surface area (Å²) >= 11 is 0. The highest BCUT2D eigenvalue weighted by Gasteiger charge is 2.50. The first-order chi connectivity index (χ1) is 15.4. The van der Waals surface area contributed by atoms with Gasteiger partial charge in [-0.25, -0.2) is 4.79 Å². The van der Waals surface area contributed by atoms with Gasteiger partial charge in [0.2, 0.25) is 5.91 Å². The van der Waals surface area contributed by atoms with Crippen LogP contribution >= 0.6 is 0 Å². The second kappa shape index (κ2) is 9.94. The van der Waals surface area contributed by atoms with Crippen molar-refractivity contribution in [2.75, 3.05) is 32.2 Å². The molecule has 7 nitrogen and oxygen atoms in total. The summed E-state index contributed by atoms with van der Waals surface area (Å²) in [4.78, 5) is 34.0. The average molecular weight is 436 g/mol. The minimum Gasteiger partial charge on any atom is -0.467 e. The third kappa shape index (κ3) is 4.52. The molecule has 0 spiro atoms. The zero-order valence-corrected chi connectivity index (χ0v) is 19.1. The first-order valence-corrected chi connectivity index (χ1v) is 10.6. The molecule has 0 aromatic heterocycles. The number of amides is 1. The number of nitriles is 1. The standard InChI is InChI=1S/C25H29N3O4/c1-18-14-20(17-26)15-19(2)22(18)16-23(29)28(21-8-6-5-7-9-21)25(24(30)31-3)10-12-27(32-4)13-11-25/h5-9,14-15H,10-13,16H2,1-4H3. The van der Waals surface area contributed by atoms with Crippen molar-refractivity contribution in [2.24, 2.45) is 0 Å². The van der Waals surface area contributed by atoms with Crippen LogP contribution in [0.25, 0.3) is 0 Å². The molecule has 0 aliphatic carbocycles. The van der Waals surface area contributed by atoms with E-state index in [4.69, 9.17) is 9.57 Å². The number of para-hydroxylation sites is 1. The van der Waals surface area contributed by atoms with E-state index in [1.54, 1.807) is 29.2 Å². The lowest BCUT2D eigenvalue weighted by Gasteiger charge is -2.46.